The Hall–Kier alpha value is -2.73. The quantitative estimate of drug-likeness (QED) is 0.201. The van der Waals surface area contributed by atoms with Gasteiger partial charge in [-0.05, 0) is 26.3 Å². The lowest BCUT2D eigenvalue weighted by molar-refractivity contribution is -0.143. The fourth-order valence-corrected chi connectivity index (χ4v) is 2.41. The van der Waals surface area contributed by atoms with Crippen molar-refractivity contribution in [2.45, 2.75) is 50.4 Å². The summed E-state index contributed by atoms with van der Waals surface area (Å²) in [5, 5.41) is 36.4. The van der Waals surface area contributed by atoms with Crippen LogP contribution in [0.5, 0.6) is 0 Å². The van der Waals surface area contributed by atoms with Crippen LogP contribution in [0.4, 0.5) is 0 Å². The monoisotopic (exact) mass is 388 g/mol. The zero-order valence-corrected chi connectivity index (χ0v) is 14.7. The Morgan fingerprint density at radius 3 is 2.15 bits per heavy atom. The first-order chi connectivity index (χ1) is 12.6. The van der Waals surface area contributed by atoms with Crippen molar-refractivity contribution in [2.75, 3.05) is 13.2 Å². The van der Waals surface area contributed by atoms with Crippen molar-refractivity contribution < 1.29 is 39.3 Å². The molecule has 12 nitrogen and oxygen atoms in total. The van der Waals surface area contributed by atoms with E-state index in [1.807, 2.05) is 0 Å². The first kappa shape index (κ1) is 22.3. The fourth-order valence-electron chi connectivity index (χ4n) is 2.41. The van der Waals surface area contributed by atoms with E-state index < -0.39 is 66.9 Å². The summed E-state index contributed by atoms with van der Waals surface area (Å²) in [5.41, 5.74) is 0. The van der Waals surface area contributed by atoms with E-state index in [2.05, 4.69) is 21.3 Å². The summed E-state index contributed by atoms with van der Waals surface area (Å²) >= 11 is 0. The van der Waals surface area contributed by atoms with Crippen molar-refractivity contribution in [3.05, 3.63) is 0 Å². The fraction of sp³-hybridized carbons (Fsp3) is 0.667. The molecule has 0 spiro atoms. The molecule has 1 heterocycles. The Labute approximate surface area is 154 Å². The van der Waals surface area contributed by atoms with Gasteiger partial charge in [-0.1, -0.05) is 0 Å². The second kappa shape index (κ2) is 10.4. The van der Waals surface area contributed by atoms with Gasteiger partial charge in [0.15, 0.2) is 0 Å². The van der Waals surface area contributed by atoms with Gasteiger partial charge in [-0.3, -0.25) is 24.0 Å². The van der Waals surface area contributed by atoms with Gasteiger partial charge in [0.25, 0.3) is 0 Å². The van der Waals surface area contributed by atoms with E-state index in [1.54, 1.807) is 0 Å². The Bertz CT molecular complexity index is 590. The van der Waals surface area contributed by atoms with E-state index in [9.17, 15) is 29.1 Å². The van der Waals surface area contributed by atoms with Crippen LogP contribution in [0.2, 0.25) is 0 Å². The van der Waals surface area contributed by atoms with Gasteiger partial charge >= 0.3 is 11.9 Å². The van der Waals surface area contributed by atoms with E-state index in [-0.39, 0.29) is 0 Å². The molecular formula is C15H24N4O8. The van der Waals surface area contributed by atoms with E-state index in [1.165, 1.54) is 6.92 Å². The summed E-state index contributed by atoms with van der Waals surface area (Å²) < 4.78 is 0. The zero-order chi connectivity index (χ0) is 20.6. The average Bonchev–Trinajstić information content (AvgIpc) is 3.12. The first-order valence-electron chi connectivity index (χ1n) is 8.35. The van der Waals surface area contributed by atoms with Gasteiger partial charge in [-0.25, -0.2) is 0 Å². The largest absolute Gasteiger partial charge is 0.481 e. The molecule has 0 aromatic heterocycles. The van der Waals surface area contributed by atoms with Crippen molar-refractivity contribution in [1.29, 1.82) is 0 Å². The molecule has 4 atom stereocenters. The van der Waals surface area contributed by atoms with Gasteiger partial charge in [0.2, 0.25) is 17.7 Å². The van der Waals surface area contributed by atoms with Crippen LogP contribution in [0.15, 0.2) is 0 Å². The number of hydrogen-bond acceptors (Lipinski definition) is 7. The zero-order valence-electron chi connectivity index (χ0n) is 14.7. The second-order valence-electron chi connectivity index (χ2n) is 6.12. The van der Waals surface area contributed by atoms with Crippen molar-refractivity contribution in [3.8, 4) is 0 Å². The predicted octanol–water partition coefficient (Wildman–Crippen LogP) is -3.24. The molecule has 1 fully saturated rings. The van der Waals surface area contributed by atoms with Gasteiger partial charge in [-0.15, -0.1) is 0 Å². The molecule has 4 unspecified atom stereocenters. The van der Waals surface area contributed by atoms with Gasteiger partial charge in [0, 0.05) is 0 Å². The lowest BCUT2D eigenvalue weighted by Gasteiger charge is -2.23. The minimum atomic E-state index is -1.50. The van der Waals surface area contributed by atoms with Crippen molar-refractivity contribution >= 4 is 29.7 Å². The summed E-state index contributed by atoms with van der Waals surface area (Å²) in [7, 11) is 0. The highest BCUT2D eigenvalue weighted by molar-refractivity contribution is 5.95. The Balaban J connectivity index is 2.74. The molecule has 12 heteroatoms. The lowest BCUT2D eigenvalue weighted by Crippen LogP contribution is -2.58. The number of amides is 3. The van der Waals surface area contributed by atoms with E-state index in [4.69, 9.17) is 10.2 Å². The summed E-state index contributed by atoms with van der Waals surface area (Å²) in [6, 6.07) is -4.76. The molecule has 0 aromatic rings. The summed E-state index contributed by atoms with van der Waals surface area (Å²) in [4.78, 5) is 58.1. The third kappa shape index (κ3) is 7.19. The third-order valence-electron chi connectivity index (χ3n) is 3.93. The predicted molar refractivity (Wildman–Crippen MR) is 89.5 cm³/mol. The number of aliphatic hydroxyl groups excluding tert-OH is 1. The standard InChI is InChI=1S/C15H24N4O8/c1-7(15(26)27)17-14(25)10(6-20)19-13(24)9(5-11(21)22)18-12(23)8-3-2-4-16-8/h7-10,16,20H,2-6H2,1H3,(H,17,25)(H,18,23)(H,19,24)(H,21,22)(H,26,27). The number of aliphatic carboxylic acids is 2. The maximum Gasteiger partial charge on any atom is 0.325 e. The molecule has 1 saturated heterocycles. The number of carboxylic acids is 2. The number of aliphatic hydroxyl groups is 1. The van der Waals surface area contributed by atoms with Crippen LogP contribution in [-0.4, -0.2) is 82.3 Å². The van der Waals surface area contributed by atoms with Crippen molar-refractivity contribution in [1.82, 2.24) is 21.3 Å². The van der Waals surface area contributed by atoms with Crippen LogP contribution in [-0.2, 0) is 24.0 Å². The van der Waals surface area contributed by atoms with Crippen LogP contribution < -0.4 is 21.3 Å². The second-order valence-corrected chi connectivity index (χ2v) is 6.12. The van der Waals surface area contributed by atoms with Gasteiger partial charge < -0.3 is 36.6 Å². The molecule has 0 radical (unpaired) electrons. The van der Waals surface area contributed by atoms with E-state index >= 15 is 0 Å². The molecule has 3 amide bonds. The number of rotatable bonds is 10. The summed E-state index contributed by atoms with van der Waals surface area (Å²) in [6.07, 6.45) is 0.583. The number of nitrogens with one attached hydrogen (secondary N) is 4. The van der Waals surface area contributed by atoms with E-state index in [0.717, 1.165) is 6.42 Å². The molecule has 1 aliphatic heterocycles. The molecule has 1 rings (SSSR count). The Morgan fingerprint density at radius 2 is 1.67 bits per heavy atom. The SMILES string of the molecule is CC(NC(=O)C(CO)NC(=O)C(CC(=O)O)NC(=O)C1CCCN1)C(=O)O. The highest BCUT2D eigenvalue weighted by Gasteiger charge is 2.31. The molecule has 7 N–H and O–H groups in total. The van der Waals surface area contributed by atoms with Crippen LogP contribution in [0.3, 0.4) is 0 Å². The van der Waals surface area contributed by atoms with Crippen molar-refractivity contribution in [3.63, 3.8) is 0 Å². The molecule has 0 aromatic carbocycles. The summed E-state index contributed by atoms with van der Waals surface area (Å²) in [5.74, 6) is -5.15. The maximum atomic E-state index is 12.3. The molecule has 0 saturated carbocycles. The third-order valence-corrected chi connectivity index (χ3v) is 3.93. The van der Waals surface area contributed by atoms with Crippen molar-refractivity contribution in [2.24, 2.45) is 0 Å². The van der Waals surface area contributed by atoms with Crippen LogP contribution >= 0.6 is 0 Å². The maximum absolute atomic E-state index is 12.3. The normalized spacial score (nSPS) is 19.4. The highest BCUT2D eigenvalue weighted by Crippen LogP contribution is 2.06. The number of carboxylic acid groups (broad SMARTS) is 2. The summed E-state index contributed by atoms with van der Waals surface area (Å²) in [6.45, 7) is 0.975. The minimum absolute atomic E-state index is 0.539. The van der Waals surface area contributed by atoms with Crippen LogP contribution in [0, 0.1) is 0 Å². The van der Waals surface area contributed by atoms with Gasteiger partial charge in [-0.2, -0.15) is 0 Å². The highest BCUT2D eigenvalue weighted by atomic mass is 16.4. The molecule has 0 bridgehead atoms. The van der Waals surface area contributed by atoms with Gasteiger partial charge in [0.05, 0.1) is 19.1 Å². The molecule has 0 aliphatic carbocycles. The van der Waals surface area contributed by atoms with Crippen LogP contribution in [0.25, 0.3) is 0 Å². The molecular weight excluding hydrogens is 364 g/mol. The average molecular weight is 388 g/mol. The van der Waals surface area contributed by atoms with Gasteiger partial charge in [0.1, 0.15) is 18.1 Å². The minimum Gasteiger partial charge on any atom is -0.481 e. The lowest BCUT2D eigenvalue weighted by atomic mass is 10.1. The Morgan fingerprint density at radius 1 is 1.04 bits per heavy atom. The molecule has 1 aliphatic rings. The van der Waals surface area contributed by atoms with E-state index in [0.29, 0.717) is 13.0 Å². The molecule has 152 valence electrons. The molecule has 27 heavy (non-hydrogen) atoms. The number of carbonyl (C=O) groups is 5. The Kier molecular flexibility index (Phi) is 8.62. The number of carbonyl (C=O) groups excluding carboxylic acids is 3. The smallest absolute Gasteiger partial charge is 0.325 e. The van der Waals surface area contributed by atoms with Crippen LogP contribution in [0.1, 0.15) is 26.2 Å². The topological polar surface area (TPSA) is 194 Å². The number of hydrogen-bond donors (Lipinski definition) is 7. The first-order valence-corrected chi connectivity index (χ1v) is 8.35.